The van der Waals surface area contributed by atoms with Crippen molar-refractivity contribution in [1.82, 2.24) is 0 Å². The third-order valence-corrected chi connectivity index (χ3v) is 5.51. The van der Waals surface area contributed by atoms with Crippen molar-refractivity contribution in [2.75, 3.05) is 0 Å². The van der Waals surface area contributed by atoms with Gasteiger partial charge in [0.2, 0.25) is 6.29 Å². The van der Waals surface area contributed by atoms with Crippen molar-refractivity contribution >= 4 is 11.9 Å². The first-order chi connectivity index (χ1) is 10.2. The van der Waals surface area contributed by atoms with Gasteiger partial charge in [0.25, 0.3) is 0 Å². The fourth-order valence-corrected chi connectivity index (χ4v) is 4.58. The lowest BCUT2D eigenvalue weighted by molar-refractivity contribution is -0.160. The quantitative estimate of drug-likeness (QED) is 0.593. The van der Waals surface area contributed by atoms with Gasteiger partial charge in [0.15, 0.2) is 0 Å². The van der Waals surface area contributed by atoms with Gasteiger partial charge >= 0.3 is 11.9 Å². The second-order valence-corrected chi connectivity index (χ2v) is 7.23. The SMILES string of the molecule is CC(=O)O[C@H]1C=CC(C)(C)[C@@H]2CCC3=C([C@H](O)OC3=O)[C@@]12C. The van der Waals surface area contributed by atoms with Crippen LogP contribution < -0.4 is 0 Å². The number of carbonyl (C=O) groups is 2. The van der Waals surface area contributed by atoms with Crippen LogP contribution in [0.3, 0.4) is 0 Å². The maximum Gasteiger partial charge on any atom is 0.336 e. The minimum absolute atomic E-state index is 0.116. The van der Waals surface area contributed by atoms with Gasteiger partial charge in [-0.1, -0.05) is 26.8 Å². The molecular weight excluding hydrogens is 284 g/mol. The van der Waals surface area contributed by atoms with E-state index in [-0.39, 0.29) is 17.3 Å². The van der Waals surface area contributed by atoms with E-state index in [1.54, 1.807) is 0 Å². The first-order valence-electron chi connectivity index (χ1n) is 7.67. The summed E-state index contributed by atoms with van der Waals surface area (Å²) < 4.78 is 10.5. The van der Waals surface area contributed by atoms with Crippen LogP contribution in [0.25, 0.3) is 0 Å². The minimum atomic E-state index is -1.24. The first kappa shape index (κ1) is 15.3. The Morgan fingerprint density at radius 2 is 2.09 bits per heavy atom. The van der Waals surface area contributed by atoms with E-state index >= 15 is 0 Å². The van der Waals surface area contributed by atoms with E-state index in [0.717, 1.165) is 6.42 Å². The van der Waals surface area contributed by atoms with Crippen molar-refractivity contribution < 1.29 is 24.2 Å². The molecule has 5 heteroatoms. The molecule has 0 fully saturated rings. The van der Waals surface area contributed by atoms with Gasteiger partial charge in [-0.2, -0.15) is 0 Å². The van der Waals surface area contributed by atoms with Crippen LogP contribution in [0.4, 0.5) is 0 Å². The number of rotatable bonds is 1. The van der Waals surface area contributed by atoms with Gasteiger partial charge in [0, 0.05) is 23.5 Å². The van der Waals surface area contributed by atoms with E-state index in [9.17, 15) is 14.7 Å². The highest BCUT2D eigenvalue weighted by molar-refractivity contribution is 5.92. The first-order valence-corrected chi connectivity index (χ1v) is 7.67. The molecule has 3 rings (SSSR count). The molecule has 22 heavy (non-hydrogen) atoms. The smallest absolute Gasteiger partial charge is 0.336 e. The zero-order valence-electron chi connectivity index (χ0n) is 13.4. The number of aliphatic hydroxyl groups excluding tert-OH is 1. The van der Waals surface area contributed by atoms with E-state index in [0.29, 0.717) is 17.6 Å². The Kier molecular flexibility index (Phi) is 3.25. The average Bonchev–Trinajstić information content (AvgIpc) is 2.69. The van der Waals surface area contributed by atoms with Gasteiger partial charge in [0.1, 0.15) is 6.10 Å². The molecule has 0 aromatic carbocycles. The van der Waals surface area contributed by atoms with Crippen LogP contribution in [0, 0.1) is 16.7 Å². The Morgan fingerprint density at radius 3 is 2.73 bits per heavy atom. The molecule has 0 saturated carbocycles. The zero-order chi connectivity index (χ0) is 16.3. The molecule has 1 aliphatic heterocycles. The van der Waals surface area contributed by atoms with E-state index < -0.39 is 23.8 Å². The second kappa shape index (κ2) is 4.69. The number of cyclic esters (lactones) is 1. The molecule has 0 unspecified atom stereocenters. The predicted molar refractivity (Wildman–Crippen MR) is 78.4 cm³/mol. The molecule has 1 N–H and O–H groups in total. The monoisotopic (exact) mass is 306 g/mol. The number of aliphatic hydroxyl groups is 1. The van der Waals surface area contributed by atoms with Gasteiger partial charge in [0.05, 0.1) is 0 Å². The molecule has 3 aliphatic rings. The molecule has 0 aromatic heterocycles. The van der Waals surface area contributed by atoms with Crippen molar-refractivity contribution in [1.29, 1.82) is 0 Å². The van der Waals surface area contributed by atoms with Crippen LogP contribution in [0.1, 0.15) is 40.5 Å². The van der Waals surface area contributed by atoms with Crippen molar-refractivity contribution in [2.24, 2.45) is 16.7 Å². The highest BCUT2D eigenvalue weighted by Crippen LogP contribution is 2.60. The van der Waals surface area contributed by atoms with E-state index in [1.807, 2.05) is 13.0 Å². The largest absolute Gasteiger partial charge is 0.457 e. The lowest BCUT2D eigenvalue weighted by Crippen LogP contribution is -2.53. The molecule has 0 spiro atoms. The topological polar surface area (TPSA) is 72.8 Å². The molecule has 0 amide bonds. The molecule has 0 bridgehead atoms. The Morgan fingerprint density at radius 1 is 1.41 bits per heavy atom. The molecule has 1 heterocycles. The Labute approximate surface area is 130 Å². The van der Waals surface area contributed by atoms with E-state index in [2.05, 4.69) is 19.9 Å². The van der Waals surface area contributed by atoms with Gasteiger partial charge < -0.3 is 14.6 Å². The molecular formula is C17H22O5. The summed E-state index contributed by atoms with van der Waals surface area (Å²) in [5.74, 6) is -0.671. The van der Waals surface area contributed by atoms with Gasteiger partial charge in [-0.15, -0.1) is 0 Å². The summed E-state index contributed by atoms with van der Waals surface area (Å²) in [5.41, 5.74) is 0.394. The van der Waals surface area contributed by atoms with Crippen molar-refractivity contribution in [3.05, 3.63) is 23.3 Å². The van der Waals surface area contributed by atoms with Gasteiger partial charge in [-0.25, -0.2) is 4.79 Å². The maximum absolute atomic E-state index is 12.0. The van der Waals surface area contributed by atoms with Crippen LogP contribution in [-0.2, 0) is 19.1 Å². The highest BCUT2D eigenvalue weighted by atomic mass is 16.6. The fraction of sp³-hybridized carbons (Fsp3) is 0.647. The minimum Gasteiger partial charge on any atom is -0.457 e. The normalized spacial score (nSPS) is 39.1. The maximum atomic E-state index is 12.0. The lowest BCUT2D eigenvalue weighted by Gasteiger charge is -2.54. The Bertz CT molecular complexity index is 600. The van der Waals surface area contributed by atoms with Crippen molar-refractivity contribution in [3.8, 4) is 0 Å². The Hall–Kier alpha value is -1.62. The average molecular weight is 306 g/mol. The summed E-state index contributed by atoms with van der Waals surface area (Å²) in [5, 5.41) is 10.3. The molecule has 2 aliphatic carbocycles. The third kappa shape index (κ3) is 1.95. The van der Waals surface area contributed by atoms with Gasteiger partial charge in [-0.3, -0.25) is 4.79 Å². The van der Waals surface area contributed by atoms with Crippen LogP contribution >= 0.6 is 0 Å². The second-order valence-electron chi connectivity index (χ2n) is 7.23. The number of esters is 2. The van der Waals surface area contributed by atoms with Crippen LogP contribution in [0.2, 0.25) is 0 Å². The number of allylic oxidation sites excluding steroid dienone is 1. The fourth-order valence-electron chi connectivity index (χ4n) is 4.58. The summed E-state index contributed by atoms with van der Waals surface area (Å²) >= 11 is 0. The summed E-state index contributed by atoms with van der Waals surface area (Å²) in [6.45, 7) is 7.60. The summed E-state index contributed by atoms with van der Waals surface area (Å²) in [7, 11) is 0. The number of hydrogen-bond acceptors (Lipinski definition) is 5. The standard InChI is InChI=1S/C17H22O5/c1-9(18)21-12-7-8-16(2,3)11-6-5-10-13(17(11,12)4)15(20)22-14(10)19/h7-8,11-12,15,20H,5-6H2,1-4H3/t11-,12-,15+,17+/m0/s1. The molecule has 120 valence electrons. The molecule has 4 atom stereocenters. The molecule has 0 radical (unpaired) electrons. The summed E-state index contributed by atoms with van der Waals surface area (Å²) in [6.07, 6.45) is 3.60. The summed E-state index contributed by atoms with van der Waals surface area (Å²) in [4.78, 5) is 23.5. The zero-order valence-corrected chi connectivity index (χ0v) is 13.4. The van der Waals surface area contributed by atoms with Crippen LogP contribution in [-0.4, -0.2) is 29.4 Å². The van der Waals surface area contributed by atoms with Crippen molar-refractivity contribution in [2.45, 2.75) is 52.9 Å². The lowest BCUT2D eigenvalue weighted by atomic mass is 9.51. The molecule has 0 saturated heterocycles. The van der Waals surface area contributed by atoms with Crippen LogP contribution in [0.5, 0.6) is 0 Å². The number of fused-ring (bicyclic) bond motifs is 2. The Balaban J connectivity index is 2.17. The molecule has 5 nitrogen and oxygen atoms in total. The number of ether oxygens (including phenoxy) is 2. The third-order valence-electron chi connectivity index (χ3n) is 5.51. The number of hydrogen-bond donors (Lipinski definition) is 1. The highest BCUT2D eigenvalue weighted by Gasteiger charge is 2.59. The van der Waals surface area contributed by atoms with E-state index in [4.69, 9.17) is 9.47 Å². The van der Waals surface area contributed by atoms with Crippen molar-refractivity contribution in [3.63, 3.8) is 0 Å². The van der Waals surface area contributed by atoms with E-state index in [1.165, 1.54) is 6.92 Å². The predicted octanol–water partition coefficient (Wildman–Crippen LogP) is 2.10. The summed E-state index contributed by atoms with van der Waals surface area (Å²) in [6, 6.07) is 0. The van der Waals surface area contributed by atoms with Crippen LogP contribution in [0.15, 0.2) is 23.3 Å². The molecule has 0 aromatic rings. The number of carbonyl (C=O) groups excluding carboxylic acids is 2. The van der Waals surface area contributed by atoms with Gasteiger partial charge in [-0.05, 0) is 30.3 Å².